The third-order valence-corrected chi connectivity index (χ3v) is 4.31. The second kappa shape index (κ2) is 6.52. The van der Waals surface area contributed by atoms with Gasteiger partial charge in [0.2, 0.25) is 0 Å². The van der Waals surface area contributed by atoms with Crippen molar-refractivity contribution in [3.63, 3.8) is 0 Å². The fourth-order valence-corrected chi connectivity index (χ4v) is 3.11. The maximum atomic E-state index is 13.6. The molecule has 1 aliphatic heterocycles. The molecule has 0 fully saturated rings. The number of benzene rings is 1. The van der Waals surface area contributed by atoms with E-state index in [2.05, 4.69) is 13.2 Å². The predicted molar refractivity (Wildman–Crippen MR) is 95.6 cm³/mol. The Labute approximate surface area is 149 Å². The molecule has 2 heterocycles. The van der Waals surface area contributed by atoms with Crippen LogP contribution in [0.25, 0.3) is 22.9 Å². The van der Waals surface area contributed by atoms with E-state index in [9.17, 15) is 17.6 Å². The van der Waals surface area contributed by atoms with Crippen LogP contribution in [0.15, 0.2) is 49.8 Å². The molecule has 0 amide bonds. The highest BCUT2D eigenvalue weighted by atomic mass is 19.4. The topological polar surface area (TPSA) is 8.17 Å². The Bertz CT molecular complexity index is 903. The second-order valence-corrected chi connectivity index (χ2v) is 6.21. The van der Waals surface area contributed by atoms with Gasteiger partial charge < -0.3 is 9.47 Å². The Balaban J connectivity index is 2.18. The molecule has 1 aliphatic rings. The Morgan fingerprint density at radius 2 is 1.96 bits per heavy atom. The van der Waals surface area contributed by atoms with Gasteiger partial charge in [0.25, 0.3) is 0 Å². The van der Waals surface area contributed by atoms with Crippen LogP contribution in [0, 0.1) is 12.7 Å². The Morgan fingerprint density at radius 1 is 1.23 bits per heavy atom. The summed E-state index contributed by atoms with van der Waals surface area (Å²) in [5.74, 6) is -0.357. The number of aromatic nitrogens is 1. The summed E-state index contributed by atoms with van der Waals surface area (Å²) >= 11 is 0. The zero-order valence-corrected chi connectivity index (χ0v) is 14.3. The maximum absolute atomic E-state index is 13.6. The Hall–Kier alpha value is -2.76. The molecule has 1 aromatic heterocycles. The van der Waals surface area contributed by atoms with Gasteiger partial charge in [-0.2, -0.15) is 13.2 Å². The minimum atomic E-state index is -4.35. The fraction of sp³-hybridized carbons (Fsp3) is 0.200. The average Bonchev–Trinajstić information content (AvgIpc) is 2.90. The first-order chi connectivity index (χ1) is 12.2. The van der Waals surface area contributed by atoms with E-state index in [1.165, 1.54) is 12.3 Å². The van der Waals surface area contributed by atoms with Gasteiger partial charge in [0.05, 0.1) is 5.69 Å². The van der Waals surface area contributed by atoms with Crippen LogP contribution in [0.4, 0.5) is 17.6 Å². The molecule has 0 spiro atoms. The molecule has 0 aliphatic carbocycles. The summed E-state index contributed by atoms with van der Waals surface area (Å²) in [5.41, 5.74) is 3.31. The lowest BCUT2D eigenvalue weighted by molar-refractivity contribution is -0.140. The molecule has 3 rings (SSSR count). The quantitative estimate of drug-likeness (QED) is 0.507. The second-order valence-electron chi connectivity index (χ2n) is 6.21. The third kappa shape index (κ3) is 3.31. The molecular weight excluding hydrogens is 344 g/mol. The van der Waals surface area contributed by atoms with Crippen LogP contribution in [0.1, 0.15) is 16.8 Å². The van der Waals surface area contributed by atoms with Crippen LogP contribution >= 0.6 is 0 Å². The normalized spacial score (nSPS) is 13.9. The number of hydrogen-bond donors (Lipinski definition) is 0. The Morgan fingerprint density at radius 3 is 2.58 bits per heavy atom. The van der Waals surface area contributed by atoms with Gasteiger partial charge >= 0.3 is 6.18 Å². The van der Waals surface area contributed by atoms with Gasteiger partial charge in [-0.25, -0.2) is 4.39 Å². The van der Waals surface area contributed by atoms with Gasteiger partial charge in [-0.1, -0.05) is 18.7 Å². The summed E-state index contributed by atoms with van der Waals surface area (Å²) in [6.07, 6.45) is 2.13. The zero-order valence-electron chi connectivity index (χ0n) is 14.3. The van der Waals surface area contributed by atoms with E-state index in [-0.39, 0.29) is 5.82 Å². The van der Waals surface area contributed by atoms with Gasteiger partial charge in [-0.3, -0.25) is 0 Å². The maximum Gasteiger partial charge on any atom is 0.406 e. The van der Waals surface area contributed by atoms with Crippen molar-refractivity contribution in [3.05, 3.63) is 72.5 Å². The third-order valence-electron chi connectivity index (χ3n) is 4.31. The number of aryl methyl sites for hydroxylation is 1. The van der Waals surface area contributed by atoms with Crippen LogP contribution in [-0.2, 0) is 6.54 Å². The SMILES string of the molecule is C=CCN1C=Cc2c(c(-c3ccc(F)c(C)c3)cn2CC(F)(F)F)C1=C. The molecule has 0 bridgehead atoms. The fourth-order valence-electron chi connectivity index (χ4n) is 3.11. The molecule has 6 heteroatoms. The van der Waals surface area contributed by atoms with E-state index in [0.29, 0.717) is 40.2 Å². The van der Waals surface area contributed by atoms with Crippen molar-refractivity contribution in [2.75, 3.05) is 6.54 Å². The summed E-state index contributed by atoms with van der Waals surface area (Å²) in [4.78, 5) is 1.81. The van der Waals surface area contributed by atoms with Crippen LogP contribution in [-0.4, -0.2) is 22.2 Å². The summed E-state index contributed by atoms with van der Waals surface area (Å²) in [6, 6.07) is 4.52. The molecule has 136 valence electrons. The van der Waals surface area contributed by atoms with Gasteiger partial charge in [-0.15, -0.1) is 6.58 Å². The number of alkyl halides is 3. The van der Waals surface area contributed by atoms with Crippen LogP contribution < -0.4 is 0 Å². The van der Waals surface area contributed by atoms with Crippen LogP contribution in [0.3, 0.4) is 0 Å². The minimum absolute atomic E-state index is 0.357. The van der Waals surface area contributed by atoms with Crippen molar-refractivity contribution >= 4 is 11.8 Å². The standard InChI is InChI=1S/C20H18F4N2/c1-4-8-25-9-7-18-19(14(25)3)16(11-26(18)12-20(22,23)24)15-5-6-17(21)13(2)10-15/h4-7,9-11H,1,3,8,12H2,2H3. The van der Waals surface area contributed by atoms with E-state index >= 15 is 0 Å². The van der Waals surface area contributed by atoms with Crippen LogP contribution in [0.5, 0.6) is 0 Å². The molecule has 0 saturated heterocycles. The molecule has 0 saturated carbocycles. The molecule has 26 heavy (non-hydrogen) atoms. The minimum Gasteiger partial charge on any atom is -0.344 e. The number of rotatable bonds is 4. The van der Waals surface area contributed by atoms with Crippen LogP contribution in [0.2, 0.25) is 0 Å². The summed E-state index contributed by atoms with van der Waals surface area (Å²) in [5, 5.41) is 0. The number of nitrogens with zero attached hydrogens (tertiary/aromatic N) is 2. The van der Waals surface area contributed by atoms with Gasteiger partial charge in [-0.05, 0) is 36.3 Å². The van der Waals surface area contributed by atoms with Crippen molar-refractivity contribution in [2.45, 2.75) is 19.6 Å². The summed E-state index contributed by atoms with van der Waals surface area (Å²) in [7, 11) is 0. The first-order valence-corrected chi connectivity index (χ1v) is 8.02. The highest BCUT2D eigenvalue weighted by Crippen LogP contribution is 2.39. The monoisotopic (exact) mass is 362 g/mol. The number of halogens is 4. The molecule has 2 aromatic rings. The highest BCUT2D eigenvalue weighted by molar-refractivity contribution is 5.87. The van der Waals surface area contributed by atoms with E-state index < -0.39 is 12.7 Å². The summed E-state index contributed by atoms with van der Waals surface area (Å²) < 4.78 is 53.8. The van der Waals surface area contributed by atoms with Crippen molar-refractivity contribution in [2.24, 2.45) is 0 Å². The van der Waals surface area contributed by atoms with E-state index in [1.54, 1.807) is 37.4 Å². The van der Waals surface area contributed by atoms with Crippen molar-refractivity contribution in [1.29, 1.82) is 0 Å². The van der Waals surface area contributed by atoms with E-state index in [0.717, 1.165) is 4.57 Å². The molecule has 0 unspecified atom stereocenters. The van der Waals surface area contributed by atoms with Crippen molar-refractivity contribution < 1.29 is 17.6 Å². The number of fused-ring (bicyclic) bond motifs is 1. The summed E-state index contributed by atoms with van der Waals surface area (Å²) in [6.45, 7) is 8.74. The lowest BCUT2D eigenvalue weighted by Gasteiger charge is -2.26. The lowest BCUT2D eigenvalue weighted by Crippen LogP contribution is -2.21. The lowest BCUT2D eigenvalue weighted by atomic mass is 9.97. The smallest absolute Gasteiger partial charge is 0.344 e. The van der Waals surface area contributed by atoms with Crippen molar-refractivity contribution in [1.82, 2.24) is 9.47 Å². The largest absolute Gasteiger partial charge is 0.406 e. The number of hydrogen-bond acceptors (Lipinski definition) is 1. The van der Waals surface area contributed by atoms with Gasteiger partial charge in [0.15, 0.2) is 0 Å². The van der Waals surface area contributed by atoms with E-state index in [4.69, 9.17) is 0 Å². The van der Waals surface area contributed by atoms with Crippen molar-refractivity contribution in [3.8, 4) is 11.1 Å². The zero-order chi connectivity index (χ0) is 19.1. The molecule has 2 nitrogen and oxygen atoms in total. The first-order valence-electron chi connectivity index (χ1n) is 8.02. The molecule has 1 aromatic carbocycles. The molecule has 0 N–H and O–H groups in total. The molecular formula is C20H18F4N2. The van der Waals surface area contributed by atoms with E-state index in [1.807, 2.05) is 4.90 Å². The predicted octanol–water partition coefficient (Wildman–Crippen LogP) is 5.61. The van der Waals surface area contributed by atoms with Gasteiger partial charge in [0, 0.05) is 35.8 Å². The molecule has 0 radical (unpaired) electrons. The molecule has 0 atom stereocenters. The first kappa shape index (κ1) is 18.0. The Kier molecular flexibility index (Phi) is 4.52. The van der Waals surface area contributed by atoms with Gasteiger partial charge in [0.1, 0.15) is 12.4 Å². The average molecular weight is 362 g/mol. The highest BCUT2D eigenvalue weighted by Gasteiger charge is 2.32.